The zero-order valence-corrected chi connectivity index (χ0v) is 10.4. The highest BCUT2D eigenvalue weighted by Crippen LogP contribution is 2.31. The normalized spacial score (nSPS) is 15.8. The Morgan fingerprint density at radius 2 is 2.29 bits per heavy atom. The second kappa shape index (κ2) is 4.78. The predicted molar refractivity (Wildman–Crippen MR) is 68.7 cm³/mol. The van der Waals surface area contributed by atoms with Crippen LogP contribution in [0.15, 0.2) is 18.2 Å². The number of carboxylic acid groups (broad SMARTS) is 1. The summed E-state index contributed by atoms with van der Waals surface area (Å²) < 4.78 is 0. The number of hydrogen-bond donors (Lipinski definition) is 1. The van der Waals surface area contributed by atoms with Crippen LogP contribution in [0.2, 0.25) is 0 Å². The Morgan fingerprint density at radius 1 is 1.53 bits per heavy atom. The Bertz CT molecular complexity index is 426. The molecule has 0 saturated heterocycles. The molecule has 1 unspecified atom stereocenters. The van der Waals surface area contributed by atoms with Crippen LogP contribution in [0.4, 0.5) is 5.69 Å². The van der Waals surface area contributed by atoms with Gasteiger partial charge in [0.25, 0.3) is 0 Å². The van der Waals surface area contributed by atoms with Crippen molar-refractivity contribution in [2.75, 3.05) is 18.0 Å². The zero-order valence-electron chi connectivity index (χ0n) is 10.4. The summed E-state index contributed by atoms with van der Waals surface area (Å²) >= 11 is 0. The molecule has 92 valence electrons. The fraction of sp³-hybridized carbons (Fsp3) is 0.500. The fourth-order valence-corrected chi connectivity index (χ4v) is 2.38. The van der Waals surface area contributed by atoms with Gasteiger partial charge in [-0.1, -0.05) is 19.1 Å². The van der Waals surface area contributed by atoms with Crippen LogP contribution in [0, 0.1) is 0 Å². The molecular weight excluding hydrogens is 214 g/mol. The molecule has 1 aliphatic rings. The van der Waals surface area contributed by atoms with E-state index < -0.39 is 11.9 Å². The van der Waals surface area contributed by atoms with Crippen LogP contribution in [0.3, 0.4) is 0 Å². The van der Waals surface area contributed by atoms with Crippen molar-refractivity contribution in [3.63, 3.8) is 0 Å². The smallest absolute Gasteiger partial charge is 0.310 e. The quantitative estimate of drug-likeness (QED) is 0.869. The van der Waals surface area contributed by atoms with E-state index in [2.05, 4.69) is 24.0 Å². The van der Waals surface area contributed by atoms with E-state index in [9.17, 15) is 4.79 Å². The molecule has 1 aromatic rings. The van der Waals surface area contributed by atoms with E-state index in [0.29, 0.717) is 0 Å². The maximum Gasteiger partial charge on any atom is 0.310 e. The first-order chi connectivity index (χ1) is 8.13. The highest BCUT2D eigenvalue weighted by Gasteiger charge is 2.21. The molecule has 1 atom stereocenters. The third-order valence-electron chi connectivity index (χ3n) is 3.47. The Hall–Kier alpha value is -1.51. The average Bonchev–Trinajstić information content (AvgIpc) is 2.71. The lowest BCUT2D eigenvalue weighted by atomic mass is 9.99. The first kappa shape index (κ1) is 12.0. The minimum atomic E-state index is -0.759. The molecule has 1 aliphatic heterocycles. The molecule has 2 rings (SSSR count). The van der Waals surface area contributed by atoms with Crippen molar-refractivity contribution in [2.45, 2.75) is 32.6 Å². The minimum absolute atomic E-state index is 0.427. The maximum atomic E-state index is 11.0. The molecule has 3 heteroatoms. The first-order valence-corrected chi connectivity index (χ1v) is 6.24. The molecular formula is C14H19NO2. The number of carboxylic acids is 1. The zero-order chi connectivity index (χ0) is 12.4. The molecule has 17 heavy (non-hydrogen) atoms. The molecule has 1 heterocycles. The van der Waals surface area contributed by atoms with Gasteiger partial charge in [-0.05, 0) is 37.0 Å². The summed E-state index contributed by atoms with van der Waals surface area (Å²) in [4.78, 5) is 13.3. The van der Waals surface area contributed by atoms with Crippen molar-refractivity contribution >= 4 is 11.7 Å². The van der Waals surface area contributed by atoms with Gasteiger partial charge in [0, 0.05) is 18.8 Å². The van der Waals surface area contributed by atoms with Crippen LogP contribution in [-0.2, 0) is 11.2 Å². The SMILES string of the molecule is CCCN1CCc2ccc(C(C)C(=O)O)cc21. The molecule has 0 aliphatic carbocycles. The highest BCUT2D eigenvalue weighted by molar-refractivity contribution is 5.76. The molecule has 0 fully saturated rings. The summed E-state index contributed by atoms with van der Waals surface area (Å²) in [7, 11) is 0. The first-order valence-electron chi connectivity index (χ1n) is 6.24. The third-order valence-corrected chi connectivity index (χ3v) is 3.47. The van der Waals surface area contributed by atoms with E-state index in [1.807, 2.05) is 6.07 Å². The van der Waals surface area contributed by atoms with Crippen LogP contribution in [0.5, 0.6) is 0 Å². The molecule has 1 aromatic carbocycles. The van der Waals surface area contributed by atoms with Crippen LogP contribution in [0.1, 0.15) is 37.3 Å². The number of fused-ring (bicyclic) bond motifs is 1. The maximum absolute atomic E-state index is 11.0. The number of benzene rings is 1. The fourth-order valence-electron chi connectivity index (χ4n) is 2.38. The lowest BCUT2D eigenvalue weighted by molar-refractivity contribution is -0.138. The average molecular weight is 233 g/mol. The molecule has 0 radical (unpaired) electrons. The highest BCUT2D eigenvalue weighted by atomic mass is 16.4. The van der Waals surface area contributed by atoms with E-state index in [4.69, 9.17) is 5.11 Å². The van der Waals surface area contributed by atoms with E-state index in [0.717, 1.165) is 31.5 Å². The van der Waals surface area contributed by atoms with Crippen molar-refractivity contribution in [1.82, 2.24) is 0 Å². The summed E-state index contributed by atoms with van der Waals surface area (Å²) in [5, 5.41) is 9.04. The van der Waals surface area contributed by atoms with Crippen molar-refractivity contribution in [1.29, 1.82) is 0 Å². The Balaban J connectivity index is 2.29. The summed E-state index contributed by atoms with van der Waals surface area (Å²) in [6.07, 6.45) is 2.20. The predicted octanol–water partition coefficient (Wildman–Crippen LogP) is 2.65. The Kier molecular flexibility index (Phi) is 3.36. The van der Waals surface area contributed by atoms with E-state index in [-0.39, 0.29) is 0 Å². The molecule has 0 saturated carbocycles. The lowest BCUT2D eigenvalue weighted by Crippen LogP contribution is -2.21. The summed E-state index contributed by atoms with van der Waals surface area (Å²) in [6.45, 7) is 6.02. The summed E-state index contributed by atoms with van der Waals surface area (Å²) in [5.74, 6) is -1.19. The number of hydrogen-bond acceptors (Lipinski definition) is 2. The molecule has 3 nitrogen and oxygen atoms in total. The van der Waals surface area contributed by atoms with Gasteiger partial charge in [-0.25, -0.2) is 0 Å². The van der Waals surface area contributed by atoms with Crippen molar-refractivity contribution in [2.24, 2.45) is 0 Å². The van der Waals surface area contributed by atoms with Gasteiger partial charge in [0.05, 0.1) is 5.92 Å². The Labute approximate surface area is 102 Å². The number of aliphatic carboxylic acids is 1. The second-order valence-corrected chi connectivity index (χ2v) is 4.69. The monoisotopic (exact) mass is 233 g/mol. The third kappa shape index (κ3) is 2.28. The van der Waals surface area contributed by atoms with Gasteiger partial charge in [0.15, 0.2) is 0 Å². The van der Waals surface area contributed by atoms with Gasteiger partial charge < -0.3 is 10.0 Å². The number of rotatable bonds is 4. The molecule has 0 aromatic heterocycles. The number of nitrogens with zero attached hydrogens (tertiary/aromatic N) is 1. The van der Waals surface area contributed by atoms with Gasteiger partial charge in [0.2, 0.25) is 0 Å². The van der Waals surface area contributed by atoms with Crippen LogP contribution in [0.25, 0.3) is 0 Å². The van der Waals surface area contributed by atoms with Gasteiger partial charge in [0.1, 0.15) is 0 Å². The van der Waals surface area contributed by atoms with Gasteiger partial charge >= 0.3 is 5.97 Å². The molecule has 0 amide bonds. The van der Waals surface area contributed by atoms with Crippen molar-refractivity contribution < 1.29 is 9.90 Å². The molecule has 1 N–H and O–H groups in total. The van der Waals surface area contributed by atoms with Gasteiger partial charge in [-0.15, -0.1) is 0 Å². The summed E-state index contributed by atoms with van der Waals surface area (Å²) in [5.41, 5.74) is 3.48. The van der Waals surface area contributed by atoms with Crippen molar-refractivity contribution in [3.05, 3.63) is 29.3 Å². The van der Waals surface area contributed by atoms with E-state index >= 15 is 0 Å². The van der Waals surface area contributed by atoms with Crippen LogP contribution < -0.4 is 4.90 Å². The molecule has 0 bridgehead atoms. The van der Waals surface area contributed by atoms with E-state index in [1.165, 1.54) is 11.3 Å². The van der Waals surface area contributed by atoms with Gasteiger partial charge in [-0.2, -0.15) is 0 Å². The molecule has 0 spiro atoms. The number of carbonyl (C=O) groups is 1. The second-order valence-electron chi connectivity index (χ2n) is 4.69. The number of anilines is 1. The minimum Gasteiger partial charge on any atom is -0.481 e. The lowest BCUT2D eigenvalue weighted by Gasteiger charge is -2.19. The van der Waals surface area contributed by atoms with Crippen LogP contribution in [-0.4, -0.2) is 24.2 Å². The summed E-state index contributed by atoms with van der Waals surface area (Å²) in [6, 6.07) is 6.09. The standard InChI is InChI=1S/C14H19NO2/c1-3-7-15-8-6-11-4-5-12(9-13(11)15)10(2)14(16)17/h4-5,9-10H,3,6-8H2,1-2H3,(H,16,17). The van der Waals surface area contributed by atoms with Crippen LogP contribution >= 0.6 is 0 Å². The van der Waals surface area contributed by atoms with Crippen molar-refractivity contribution in [3.8, 4) is 0 Å². The van der Waals surface area contributed by atoms with E-state index in [1.54, 1.807) is 6.92 Å². The Morgan fingerprint density at radius 3 is 2.94 bits per heavy atom. The largest absolute Gasteiger partial charge is 0.481 e. The van der Waals surface area contributed by atoms with Gasteiger partial charge in [-0.3, -0.25) is 4.79 Å². The topological polar surface area (TPSA) is 40.5 Å².